The van der Waals surface area contributed by atoms with Gasteiger partial charge in [0.25, 0.3) is 0 Å². The predicted molar refractivity (Wildman–Crippen MR) is 96.8 cm³/mol. The number of anilines is 1. The van der Waals surface area contributed by atoms with Gasteiger partial charge in [-0.25, -0.2) is 6.57 Å². The molecule has 1 aliphatic rings. The number of hydrogen-bond donors (Lipinski definition) is 2. The lowest BCUT2D eigenvalue weighted by Gasteiger charge is -2.20. The van der Waals surface area contributed by atoms with E-state index < -0.39 is 0 Å². The Labute approximate surface area is 147 Å². The van der Waals surface area contributed by atoms with Crippen molar-refractivity contribution >= 4 is 28.4 Å². The average Bonchev–Trinajstić information content (AvgIpc) is 3.20. The van der Waals surface area contributed by atoms with Crippen molar-refractivity contribution < 1.29 is 9.59 Å². The second-order valence-corrected chi connectivity index (χ2v) is 6.64. The molecule has 25 heavy (non-hydrogen) atoms. The van der Waals surface area contributed by atoms with Gasteiger partial charge in [-0.15, -0.1) is 0 Å². The molecule has 1 aromatic heterocycles. The molecular weight excluding hydrogens is 316 g/mol. The quantitative estimate of drug-likeness (QED) is 0.841. The van der Waals surface area contributed by atoms with Gasteiger partial charge in [0.2, 0.25) is 11.8 Å². The Hall–Kier alpha value is -2.81. The molecule has 0 spiro atoms. The second-order valence-electron chi connectivity index (χ2n) is 6.64. The molecule has 0 unspecified atom stereocenters. The van der Waals surface area contributed by atoms with Crippen LogP contribution in [-0.2, 0) is 16.0 Å². The van der Waals surface area contributed by atoms with Crippen LogP contribution in [0.1, 0.15) is 32.3 Å². The minimum Gasteiger partial charge on any atom is -0.361 e. The van der Waals surface area contributed by atoms with Gasteiger partial charge in [0.05, 0.1) is 0 Å². The maximum Gasteiger partial charge on any atom is 0.300 e. The van der Waals surface area contributed by atoms with Gasteiger partial charge in [0.1, 0.15) is 0 Å². The Balaban J connectivity index is 1.79. The molecule has 1 aromatic carbocycles. The first-order valence-corrected chi connectivity index (χ1v) is 8.54. The van der Waals surface area contributed by atoms with Crippen molar-refractivity contribution in [1.82, 2.24) is 9.88 Å². The number of benzene rings is 1. The van der Waals surface area contributed by atoms with Crippen molar-refractivity contribution in [3.63, 3.8) is 0 Å². The Morgan fingerprint density at radius 1 is 1.48 bits per heavy atom. The molecule has 0 saturated carbocycles. The fourth-order valence-electron chi connectivity index (χ4n) is 3.47. The molecular formula is C19H22N4O2. The van der Waals surface area contributed by atoms with E-state index in [9.17, 15) is 9.59 Å². The third-order valence-corrected chi connectivity index (χ3v) is 4.69. The van der Waals surface area contributed by atoms with E-state index in [-0.39, 0.29) is 23.9 Å². The van der Waals surface area contributed by atoms with E-state index in [4.69, 9.17) is 6.57 Å². The molecule has 2 N–H and O–H groups in total. The van der Waals surface area contributed by atoms with Crippen LogP contribution >= 0.6 is 0 Å². The van der Waals surface area contributed by atoms with E-state index in [2.05, 4.69) is 15.1 Å². The number of H-pyrrole nitrogens is 1. The monoisotopic (exact) mass is 338 g/mol. The normalized spacial score (nSPS) is 18.1. The Morgan fingerprint density at radius 3 is 3.00 bits per heavy atom. The number of carbonyl (C=O) groups excluding carboxylic acids is 2. The van der Waals surface area contributed by atoms with E-state index in [1.807, 2.05) is 31.3 Å². The van der Waals surface area contributed by atoms with Crippen LogP contribution in [0, 0.1) is 12.5 Å². The molecule has 6 nitrogen and oxygen atoms in total. The van der Waals surface area contributed by atoms with Crippen LogP contribution in [0.4, 0.5) is 5.69 Å². The standard InChI is InChI=1S/C19H22N4O2/c1-12(19(25)23-8-4-5-18(23)20-3)9-14-11-21-17-7-6-15(10-16(14)17)22-13(2)24/h6-7,10-12,18,21H,4-5,8-9H2,1-2H3,(H,22,24)/t12-,18-/m0/s1. The Morgan fingerprint density at radius 2 is 2.28 bits per heavy atom. The van der Waals surface area contributed by atoms with E-state index in [1.165, 1.54) is 6.92 Å². The van der Waals surface area contributed by atoms with Crippen LogP contribution < -0.4 is 5.32 Å². The third kappa shape index (κ3) is 3.50. The number of likely N-dealkylation sites (tertiary alicyclic amines) is 1. The molecule has 0 bridgehead atoms. The number of hydrogen-bond acceptors (Lipinski definition) is 2. The zero-order chi connectivity index (χ0) is 18.0. The molecule has 0 radical (unpaired) electrons. The van der Waals surface area contributed by atoms with Crippen molar-refractivity contribution in [2.75, 3.05) is 11.9 Å². The highest BCUT2D eigenvalue weighted by Gasteiger charge is 2.35. The van der Waals surface area contributed by atoms with Crippen molar-refractivity contribution in [2.24, 2.45) is 5.92 Å². The Kier molecular flexibility index (Phi) is 4.75. The summed E-state index contributed by atoms with van der Waals surface area (Å²) in [5.74, 6) is -0.254. The lowest BCUT2D eigenvalue weighted by Crippen LogP contribution is -2.38. The van der Waals surface area contributed by atoms with Gasteiger partial charge in [0.15, 0.2) is 0 Å². The van der Waals surface area contributed by atoms with E-state index in [0.717, 1.165) is 35.0 Å². The zero-order valence-corrected chi connectivity index (χ0v) is 14.5. The summed E-state index contributed by atoms with van der Waals surface area (Å²) in [6.07, 6.45) is 3.89. The van der Waals surface area contributed by atoms with Crippen LogP contribution in [0.5, 0.6) is 0 Å². The maximum atomic E-state index is 12.7. The molecule has 2 amide bonds. The number of amides is 2. The van der Waals surface area contributed by atoms with Crippen LogP contribution in [0.25, 0.3) is 15.7 Å². The summed E-state index contributed by atoms with van der Waals surface area (Å²) in [5.41, 5.74) is 2.76. The van der Waals surface area contributed by atoms with Crippen LogP contribution in [0.3, 0.4) is 0 Å². The topological polar surface area (TPSA) is 69.6 Å². The summed E-state index contributed by atoms with van der Waals surface area (Å²) in [4.78, 5) is 32.5. The predicted octanol–water partition coefficient (Wildman–Crippen LogP) is 3.17. The molecule has 1 saturated heterocycles. The fourth-order valence-corrected chi connectivity index (χ4v) is 3.47. The molecule has 6 heteroatoms. The van der Waals surface area contributed by atoms with Crippen LogP contribution in [-0.4, -0.2) is 34.4 Å². The zero-order valence-electron chi connectivity index (χ0n) is 14.5. The highest BCUT2D eigenvalue weighted by atomic mass is 16.2. The lowest BCUT2D eigenvalue weighted by molar-refractivity contribution is -0.135. The summed E-state index contributed by atoms with van der Waals surface area (Å²) in [6.45, 7) is 11.3. The fraction of sp³-hybridized carbons (Fsp3) is 0.421. The van der Waals surface area contributed by atoms with Gasteiger partial charge < -0.3 is 10.3 Å². The smallest absolute Gasteiger partial charge is 0.300 e. The molecule has 130 valence electrons. The first-order chi connectivity index (χ1) is 12.0. The first-order valence-electron chi connectivity index (χ1n) is 8.54. The van der Waals surface area contributed by atoms with E-state index >= 15 is 0 Å². The minimum absolute atomic E-state index is 0.0471. The molecule has 1 fully saturated rings. The number of nitrogens with one attached hydrogen (secondary N) is 2. The van der Waals surface area contributed by atoms with Gasteiger partial charge in [0, 0.05) is 48.6 Å². The lowest BCUT2D eigenvalue weighted by atomic mass is 9.99. The number of aromatic amines is 1. The summed E-state index contributed by atoms with van der Waals surface area (Å²) in [7, 11) is 0. The third-order valence-electron chi connectivity index (χ3n) is 4.69. The van der Waals surface area contributed by atoms with Crippen LogP contribution in [0.15, 0.2) is 24.4 Å². The first kappa shape index (κ1) is 17.0. The summed E-state index contributed by atoms with van der Waals surface area (Å²) < 4.78 is 0. The largest absolute Gasteiger partial charge is 0.361 e. The summed E-state index contributed by atoms with van der Waals surface area (Å²) >= 11 is 0. The number of rotatable bonds is 4. The summed E-state index contributed by atoms with van der Waals surface area (Å²) in [5, 5.41) is 3.80. The van der Waals surface area contributed by atoms with Gasteiger partial charge in [-0.3, -0.25) is 19.3 Å². The van der Waals surface area contributed by atoms with Crippen molar-refractivity contribution in [1.29, 1.82) is 0 Å². The van der Waals surface area contributed by atoms with Crippen molar-refractivity contribution in [3.8, 4) is 0 Å². The molecule has 2 atom stereocenters. The highest BCUT2D eigenvalue weighted by Crippen LogP contribution is 2.27. The molecule has 1 aliphatic heterocycles. The van der Waals surface area contributed by atoms with E-state index in [1.54, 1.807) is 4.90 Å². The van der Waals surface area contributed by atoms with Crippen LogP contribution in [0.2, 0.25) is 0 Å². The summed E-state index contributed by atoms with van der Waals surface area (Å²) in [6, 6.07) is 5.70. The molecule has 0 aliphatic carbocycles. The van der Waals surface area contributed by atoms with Gasteiger partial charge in [-0.2, -0.15) is 0 Å². The highest BCUT2D eigenvalue weighted by molar-refractivity contribution is 5.93. The molecule has 2 aromatic rings. The van der Waals surface area contributed by atoms with Crippen molar-refractivity contribution in [2.45, 2.75) is 39.3 Å². The number of aromatic nitrogens is 1. The van der Waals surface area contributed by atoms with Crippen molar-refractivity contribution in [3.05, 3.63) is 41.4 Å². The van der Waals surface area contributed by atoms with Gasteiger partial charge >= 0.3 is 6.17 Å². The number of nitrogens with zero attached hydrogens (tertiary/aromatic N) is 2. The SMILES string of the molecule is [C-]#[N+][C@@H]1CCCN1C(=O)[C@@H](C)Cc1c[nH]c2ccc(NC(C)=O)cc12. The molecule has 2 heterocycles. The Bertz CT molecular complexity index is 849. The number of fused-ring (bicyclic) bond motifs is 1. The van der Waals surface area contributed by atoms with E-state index in [0.29, 0.717) is 13.0 Å². The maximum absolute atomic E-state index is 12.7. The average molecular weight is 338 g/mol. The van der Waals surface area contributed by atoms with Gasteiger partial charge in [-0.05, 0) is 36.6 Å². The second kappa shape index (κ2) is 6.98. The number of carbonyl (C=O) groups is 2. The minimum atomic E-state index is -0.302. The molecule has 3 rings (SSSR count). The van der Waals surface area contributed by atoms with Gasteiger partial charge in [-0.1, -0.05) is 6.92 Å².